The van der Waals surface area contributed by atoms with Crippen molar-refractivity contribution in [3.63, 3.8) is 0 Å². The zero-order valence-electron chi connectivity index (χ0n) is 12.8. The van der Waals surface area contributed by atoms with E-state index in [1.807, 2.05) is 6.92 Å². The van der Waals surface area contributed by atoms with Gasteiger partial charge in [-0.3, -0.25) is 0 Å². The molecule has 0 saturated carbocycles. The van der Waals surface area contributed by atoms with Gasteiger partial charge in [-0.2, -0.15) is 4.31 Å². The Hall–Kier alpha value is -0.860. The maximum absolute atomic E-state index is 12.5. The number of ether oxygens (including phenoxy) is 2. The molecule has 22 heavy (non-hydrogen) atoms. The second-order valence-corrected chi connectivity index (χ2v) is 6.97. The molecule has 1 aromatic rings. The molecule has 6 nitrogen and oxygen atoms in total. The Labute approximate surface area is 138 Å². The molecule has 0 amide bonds. The lowest BCUT2D eigenvalue weighted by atomic mass is 10.3. The van der Waals surface area contributed by atoms with Gasteiger partial charge < -0.3 is 14.8 Å². The lowest BCUT2D eigenvalue weighted by Crippen LogP contribution is -2.51. The summed E-state index contributed by atoms with van der Waals surface area (Å²) in [5.41, 5.74) is 0. The molecule has 0 unspecified atom stereocenters. The van der Waals surface area contributed by atoms with Gasteiger partial charge in [-0.25, -0.2) is 8.42 Å². The van der Waals surface area contributed by atoms with Crippen molar-refractivity contribution in [1.29, 1.82) is 0 Å². The van der Waals surface area contributed by atoms with E-state index in [0.717, 1.165) is 0 Å². The van der Waals surface area contributed by atoms with Crippen LogP contribution in [0.2, 0.25) is 0 Å². The number of hydrogen-bond donors (Lipinski definition) is 1. The number of piperazine rings is 1. The lowest BCUT2D eigenvalue weighted by Gasteiger charge is -2.31. The van der Waals surface area contributed by atoms with Gasteiger partial charge in [0.25, 0.3) is 0 Å². The fourth-order valence-corrected chi connectivity index (χ4v) is 3.74. The van der Waals surface area contributed by atoms with Crippen LogP contribution in [0, 0.1) is 0 Å². The smallest absolute Gasteiger partial charge is 0.243 e. The molecular weight excluding hydrogens is 328 g/mol. The highest BCUT2D eigenvalue weighted by Crippen LogP contribution is 2.20. The van der Waals surface area contributed by atoms with Crippen LogP contribution in [0.3, 0.4) is 0 Å². The Morgan fingerprint density at radius 3 is 2.55 bits per heavy atom. The first-order valence-corrected chi connectivity index (χ1v) is 8.43. The average Bonchev–Trinajstić information content (AvgIpc) is 2.48. The minimum atomic E-state index is -3.42. The van der Waals surface area contributed by atoms with Crippen LogP contribution in [-0.2, 0) is 14.8 Å². The van der Waals surface area contributed by atoms with Crippen molar-refractivity contribution in [2.45, 2.75) is 17.9 Å². The van der Waals surface area contributed by atoms with E-state index >= 15 is 0 Å². The van der Waals surface area contributed by atoms with Gasteiger partial charge in [0.15, 0.2) is 0 Å². The van der Waals surface area contributed by atoms with Crippen LogP contribution in [0.15, 0.2) is 29.2 Å². The molecule has 0 bridgehead atoms. The number of sulfonamides is 1. The molecule has 126 valence electrons. The van der Waals surface area contributed by atoms with E-state index < -0.39 is 10.0 Å². The number of nitrogens with zero attached hydrogens (tertiary/aromatic N) is 1. The summed E-state index contributed by atoms with van der Waals surface area (Å²) in [4.78, 5) is 0.302. The summed E-state index contributed by atoms with van der Waals surface area (Å²) in [5, 5.41) is 3.24. The van der Waals surface area contributed by atoms with Gasteiger partial charge in [-0.15, -0.1) is 12.4 Å². The summed E-state index contributed by atoms with van der Waals surface area (Å²) in [6.45, 7) is 4.59. The quantitative estimate of drug-likeness (QED) is 0.779. The first kappa shape index (κ1) is 19.2. The van der Waals surface area contributed by atoms with E-state index in [-0.39, 0.29) is 18.4 Å². The largest absolute Gasteiger partial charge is 0.491 e. The Morgan fingerprint density at radius 2 is 1.95 bits per heavy atom. The van der Waals surface area contributed by atoms with Gasteiger partial charge in [0.1, 0.15) is 12.4 Å². The second-order valence-electron chi connectivity index (χ2n) is 5.03. The van der Waals surface area contributed by atoms with Crippen molar-refractivity contribution < 1.29 is 17.9 Å². The summed E-state index contributed by atoms with van der Waals surface area (Å²) in [6, 6.07) is 6.70. The normalized spacial score (nSPS) is 19.5. The molecule has 1 fully saturated rings. The van der Waals surface area contributed by atoms with Crippen molar-refractivity contribution in [3.8, 4) is 5.75 Å². The van der Waals surface area contributed by atoms with Gasteiger partial charge >= 0.3 is 0 Å². The SMILES string of the molecule is COCCOc1ccc(S(=O)(=O)N2CCN[C@@H](C)C2)cc1.Cl. The standard InChI is InChI=1S/C14H22N2O4S.ClH/c1-12-11-16(8-7-15-12)21(17,18)14-5-3-13(4-6-14)20-10-9-19-2;/h3-6,12,15H,7-11H2,1-2H3;1H/t12-;/m0./s1. The Kier molecular flexibility index (Phi) is 7.58. The monoisotopic (exact) mass is 350 g/mol. The number of methoxy groups -OCH3 is 1. The van der Waals surface area contributed by atoms with Crippen LogP contribution < -0.4 is 10.1 Å². The topological polar surface area (TPSA) is 67.9 Å². The van der Waals surface area contributed by atoms with E-state index in [2.05, 4.69) is 5.32 Å². The molecule has 1 heterocycles. The van der Waals surface area contributed by atoms with Crippen LogP contribution in [0.5, 0.6) is 5.75 Å². The van der Waals surface area contributed by atoms with Crippen molar-refractivity contribution in [3.05, 3.63) is 24.3 Å². The third-order valence-corrected chi connectivity index (χ3v) is 5.23. The first-order chi connectivity index (χ1) is 10.0. The molecule has 1 saturated heterocycles. The molecule has 1 aliphatic heterocycles. The van der Waals surface area contributed by atoms with E-state index in [9.17, 15) is 8.42 Å². The predicted octanol–water partition coefficient (Wildman–Crippen LogP) is 1.12. The van der Waals surface area contributed by atoms with Gasteiger partial charge in [0.2, 0.25) is 10.0 Å². The van der Waals surface area contributed by atoms with Crippen LogP contribution in [0.1, 0.15) is 6.92 Å². The fraction of sp³-hybridized carbons (Fsp3) is 0.571. The second kappa shape index (κ2) is 8.69. The predicted molar refractivity (Wildman–Crippen MR) is 87.3 cm³/mol. The van der Waals surface area contributed by atoms with Crippen LogP contribution in [0.4, 0.5) is 0 Å². The Balaban J connectivity index is 0.00000242. The highest BCUT2D eigenvalue weighted by atomic mass is 35.5. The molecular formula is C14H23ClN2O4S. The van der Waals surface area contributed by atoms with Gasteiger partial charge in [0, 0.05) is 32.8 Å². The van der Waals surface area contributed by atoms with Gasteiger partial charge in [-0.05, 0) is 31.2 Å². The van der Waals surface area contributed by atoms with E-state index in [1.165, 1.54) is 4.31 Å². The Morgan fingerprint density at radius 1 is 1.27 bits per heavy atom. The molecule has 8 heteroatoms. The maximum Gasteiger partial charge on any atom is 0.243 e. The minimum absolute atomic E-state index is 0. The van der Waals surface area contributed by atoms with Crippen LogP contribution >= 0.6 is 12.4 Å². The highest BCUT2D eigenvalue weighted by Gasteiger charge is 2.28. The van der Waals surface area contributed by atoms with Gasteiger partial charge in [-0.1, -0.05) is 0 Å². The van der Waals surface area contributed by atoms with Gasteiger partial charge in [0.05, 0.1) is 11.5 Å². The summed E-state index contributed by atoms with van der Waals surface area (Å²) in [7, 11) is -1.82. The third kappa shape index (κ3) is 4.82. The Bertz CT molecular complexity index is 550. The number of benzene rings is 1. The van der Waals surface area contributed by atoms with E-state index in [4.69, 9.17) is 9.47 Å². The third-order valence-electron chi connectivity index (χ3n) is 3.35. The maximum atomic E-state index is 12.5. The van der Waals surface area contributed by atoms with Crippen LogP contribution in [-0.4, -0.2) is 58.7 Å². The average molecular weight is 351 g/mol. The zero-order valence-corrected chi connectivity index (χ0v) is 14.5. The molecule has 1 atom stereocenters. The summed E-state index contributed by atoms with van der Waals surface area (Å²) in [6.07, 6.45) is 0. The zero-order chi connectivity index (χ0) is 15.3. The minimum Gasteiger partial charge on any atom is -0.491 e. The number of nitrogens with one attached hydrogen (secondary N) is 1. The number of halogens is 1. The highest BCUT2D eigenvalue weighted by molar-refractivity contribution is 7.89. The molecule has 2 rings (SSSR count). The van der Waals surface area contributed by atoms with Crippen molar-refractivity contribution >= 4 is 22.4 Å². The molecule has 1 aromatic carbocycles. The summed E-state index contributed by atoms with van der Waals surface area (Å²) in [5.74, 6) is 0.639. The molecule has 0 spiro atoms. The number of rotatable bonds is 6. The van der Waals surface area contributed by atoms with Crippen molar-refractivity contribution in [1.82, 2.24) is 9.62 Å². The lowest BCUT2D eigenvalue weighted by molar-refractivity contribution is 0.146. The number of hydrogen-bond acceptors (Lipinski definition) is 5. The van der Waals surface area contributed by atoms with Crippen molar-refractivity contribution in [2.75, 3.05) is 40.0 Å². The first-order valence-electron chi connectivity index (χ1n) is 6.99. The van der Waals surface area contributed by atoms with Crippen molar-refractivity contribution in [2.24, 2.45) is 0 Å². The summed E-state index contributed by atoms with van der Waals surface area (Å²) >= 11 is 0. The fourth-order valence-electron chi connectivity index (χ4n) is 2.22. The molecule has 1 N–H and O–H groups in total. The molecule has 0 radical (unpaired) electrons. The van der Waals surface area contributed by atoms with E-state index in [1.54, 1.807) is 31.4 Å². The summed E-state index contributed by atoms with van der Waals surface area (Å²) < 4.78 is 36.9. The van der Waals surface area contributed by atoms with E-state index in [0.29, 0.717) is 43.5 Å². The van der Waals surface area contributed by atoms with Crippen LogP contribution in [0.25, 0.3) is 0 Å². The molecule has 1 aliphatic rings. The molecule has 0 aromatic heterocycles. The molecule has 0 aliphatic carbocycles.